The van der Waals surface area contributed by atoms with Gasteiger partial charge in [0.15, 0.2) is 9.84 Å². The topological polar surface area (TPSA) is 51.2 Å². The van der Waals surface area contributed by atoms with Gasteiger partial charge in [0, 0.05) is 12.3 Å². The second-order valence-electron chi connectivity index (χ2n) is 3.08. The van der Waals surface area contributed by atoms with E-state index in [1.54, 1.807) is 0 Å². The van der Waals surface area contributed by atoms with Gasteiger partial charge >= 0.3 is 0 Å². The summed E-state index contributed by atoms with van der Waals surface area (Å²) in [7, 11) is -3.24. The van der Waals surface area contributed by atoms with Crippen LogP contribution in [0.15, 0.2) is 12.7 Å². The Morgan fingerprint density at radius 1 is 1.47 bits per heavy atom. The Labute approximate surface area is 100 Å². The summed E-state index contributed by atoms with van der Waals surface area (Å²) >= 11 is 10.6. The highest BCUT2D eigenvalue weighted by Crippen LogP contribution is 2.12. The predicted molar refractivity (Wildman–Crippen MR) is 63.2 cm³/mol. The molecule has 0 radical (unpaired) electrons. The van der Waals surface area contributed by atoms with E-state index in [9.17, 15) is 13.2 Å². The number of halogens is 2. The smallest absolute Gasteiger partial charge is 0.221 e. The maximum absolute atomic E-state index is 11.6. The molecule has 0 aromatic carbocycles. The summed E-state index contributed by atoms with van der Waals surface area (Å²) in [6, 6.07) is 0. The number of carbonyl (C=O) groups is 1. The maximum atomic E-state index is 11.6. The molecule has 1 unspecified atom stereocenters. The largest absolute Gasteiger partial charge is 0.281 e. The monoisotopic (exact) mass is 272 g/mol. The Bertz CT molecular complexity index is 311. The highest BCUT2D eigenvalue weighted by molar-refractivity contribution is 7.92. The lowest BCUT2D eigenvalue weighted by atomic mass is 10.3. The molecule has 0 saturated carbocycles. The molecule has 0 saturated heterocycles. The maximum Gasteiger partial charge on any atom is 0.221 e. The standard InChI is InChI=1S/C9H14Cl2O3S/c1-2-8(5-6-10)15(13,14)7-3-4-9(11)12/h2,8H,1,3-7H2. The third-order valence-electron chi connectivity index (χ3n) is 1.92. The molecule has 88 valence electrons. The van der Waals surface area contributed by atoms with Crippen LogP contribution in [0.2, 0.25) is 0 Å². The van der Waals surface area contributed by atoms with E-state index in [0.717, 1.165) is 0 Å². The SMILES string of the molecule is C=CC(CCCl)S(=O)(=O)CCCC(=O)Cl. The minimum Gasteiger partial charge on any atom is -0.281 e. The van der Waals surface area contributed by atoms with Crippen LogP contribution in [0.5, 0.6) is 0 Å². The summed E-state index contributed by atoms with van der Waals surface area (Å²) in [5.74, 6) is 0.212. The van der Waals surface area contributed by atoms with Gasteiger partial charge in [-0.15, -0.1) is 18.2 Å². The molecular formula is C9H14Cl2O3S. The number of hydrogen-bond acceptors (Lipinski definition) is 3. The fourth-order valence-corrected chi connectivity index (χ4v) is 3.23. The Kier molecular flexibility index (Phi) is 7.22. The van der Waals surface area contributed by atoms with E-state index in [4.69, 9.17) is 23.2 Å². The minimum atomic E-state index is -3.24. The molecule has 0 aromatic rings. The summed E-state index contributed by atoms with van der Waals surface area (Å²) in [6.07, 6.45) is 2.05. The van der Waals surface area contributed by atoms with Gasteiger partial charge in [0.05, 0.1) is 11.0 Å². The van der Waals surface area contributed by atoms with Crippen LogP contribution in [0, 0.1) is 0 Å². The van der Waals surface area contributed by atoms with Crippen molar-refractivity contribution in [2.45, 2.75) is 24.5 Å². The van der Waals surface area contributed by atoms with Gasteiger partial charge in [-0.25, -0.2) is 8.42 Å². The average Bonchev–Trinajstić information content (AvgIpc) is 2.12. The fourth-order valence-electron chi connectivity index (χ4n) is 1.12. The zero-order chi connectivity index (χ0) is 11.9. The molecule has 0 aliphatic rings. The van der Waals surface area contributed by atoms with Gasteiger partial charge in [-0.05, 0) is 24.4 Å². The molecule has 1 atom stereocenters. The number of hydrogen-bond donors (Lipinski definition) is 0. The summed E-state index contributed by atoms with van der Waals surface area (Å²) in [5, 5.41) is -1.14. The second kappa shape index (κ2) is 7.25. The van der Waals surface area contributed by atoms with Gasteiger partial charge in [0.2, 0.25) is 5.24 Å². The van der Waals surface area contributed by atoms with Crippen LogP contribution in [-0.4, -0.2) is 30.5 Å². The minimum absolute atomic E-state index is 0.0565. The van der Waals surface area contributed by atoms with E-state index in [-0.39, 0.29) is 24.5 Å². The number of carbonyl (C=O) groups excluding carboxylic acids is 1. The van der Waals surface area contributed by atoms with Crippen molar-refractivity contribution in [3.63, 3.8) is 0 Å². The van der Waals surface area contributed by atoms with Crippen molar-refractivity contribution in [2.75, 3.05) is 11.6 Å². The van der Waals surface area contributed by atoms with Gasteiger partial charge in [-0.3, -0.25) is 4.79 Å². The van der Waals surface area contributed by atoms with Gasteiger partial charge in [-0.1, -0.05) is 6.08 Å². The van der Waals surface area contributed by atoms with Crippen molar-refractivity contribution >= 4 is 38.3 Å². The molecule has 0 amide bonds. The molecule has 15 heavy (non-hydrogen) atoms. The zero-order valence-electron chi connectivity index (χ0n) is 8.29. The van der Waals surface area contributed by atoms with Crippen molar-refractivity contribution < 1.29 is 13.2 Å². The molecule has 0 N–H and O–H groups in total. The van der Waals surface area contributed by atoms with Gasteiger partial charge < -0.3 is 0 Å². The van der Waals surface area contributed by atoms with Gasteiger partial charge in [0.1, 0.15) is 0 Å². The molecule has 0 aromatic heterocycles. The van der Waals surface area contributed by atoms with E-state index in [0.29, 0.717) is 6.42 Å². The predicted octanol–water partition coefficient (Wildman–Crippen LogP) is 2.13. The van der Waals surface area contributed by atoms with Crippen LogP contribution in [0.1, 0.15) is 19.3 Å². The quantitative estimate of drug-likeness (QED) is 0.387. The van der Waals surface area contributed by atoms with E-state index in [1.807, 2.05) is 0 Å². The number of sulfone groups is 1. The van der Waals surface area contributed by atoms with E-state index in [2.05, 4.69) is 6.58 Å². The first kappa shape index (κ1) is 14.9. The summed E-state index contributed by atoms with van der Waals surface area (Å²) in [6.45, 7) is 3.46. The van der Waals surface area contributed by atoms with Crippen LogP contribution in [-0.2, 0) is 14.6 Å². The van der Waals surface area contributed by atoms with Crippen molar-refractivity contribution in [1.82, 2.24) is 0 Å². The first-order valence-corrected chi connectivity index (χ1v) is 7.15. The molecule has 0 bridgehead atoms. The number of rotatable bonds is 8. The first-order valence-electron chi connectivity index (χ1n) is 4.52. The van der Waals surface area contributed by atoms with Crippen molar-refractivity contribution in [3.8, 4) is 0 Å². The summed E-state index contributed by atoms with van der Waals surface area (Å²) in [4.78, 5) is 10.4. The van der Waals surface area contributed by atoms with Crippen molar-refractivity contribution in [3.05, 3.63) is 12.7 Å². The molecule has 0 heterocycles. The van der Waals surface area contributed by atoms with Crippen LogP contribution >= 0.6 is 23.2 Å². The lowest BCUT2D eigenvalue weighted by Crippen LogP contribution is -2.22. The molecule has 0 spiro atoms. The van der Waals surface area contributed by atoms with Crippen molar-refractivity contribution in [2.24, 2.45) is 0 Å². The van der Waals surface area contributed by atoms with Crippen LogP contribution in [0.3, 0.4) is 0 Å². The molecule has 0 rings (SSSR count). The lowest BCUT2D eigenvalue weighted by molar-refractivity contribution is -0.111. The van der Waals surface area contributed by atoms with E-state index >= 15 is 0 Å². The zero-order valence-corrected chi connectivity index (χ0v) is 10.6. The Hall–Kier alpha value is -0.0600. The van der Waals surface area contributed by atoms with Crippen LogP contribution in [0.4, 0.5) is 0 Å². The third kappa shape index (κ3) is 6.17. The second-order valence-corrected chi connectivity index (χ2v) is 6.22. The van der Waals surface area contributed by atoms with Crippen molar-refractivity contribution in [1.29, 1.82) is 0 Å². The Morgan fingerprint density at radius 3 is 2.47 bits per heavy atom. The highest BCUT2D eigenvalue weighted by Gasteiger charge is 2.21. The molecule has 3 nitrogen and oxygen atoms in total. The molecule has 0 aliphatic heterocycles. The van der Waals surface area contributed by atoms with E-state index in [1.165, 1.54) is 6.08 Å². The molecule has 0 fully saturated rings. The highest BCUT2D eigenvalue weighted by atomic mass is 35.5. The molecular weight excluding hydrogens is 259 g/mol. The first-order chi connectivity index (χ1) is 6.94. The molecule has 6 heteroatoms. The normalized spacial score (nSPS) is 13.5. The third-order valence-corrected chi connectivity index (χ3v) is 4.54. The van der Waals surface area contributed by atoms with Crippen LogP contribution in [0.25, 0.3) is 0 Å². The molecule has 0 aliphatic carbocycles. The summed E-state index contributed by atoms with van der Waals surface area (Å²) < 4.78 is 23.3. The Balaban J connectivity index is 4.26. The Morgan fingerprint density at radius 2 is 2.07 bits per heavy atom. The van der Waals surface area contributed by atoms with E-state index < -0.39 is 20.3 Å². The van der Waals surface area contributed by atoms with Gasteiger partial charge in [0.25, 0.3) is 0 Å². The number of alkyl halides is 1. The average molecular weight is 273 g/mol. The summed E-state index contributed by atoms with van der Waals surface area (Å²) in [5.41, 5.74) is 0. The lowest BCUT2D eigenvalue weighted by Gasteiger charge is -2.11. The fraction of sp³-hybridized carbons (Fsp3) is 0.667. The van der Waals surface area contributed by atoms with Crippen LogP contribution < -0.4 is 0 Å². The van der Waals surface area contributed by atoms with Gasteiger partial charge in [-0.2, -0.15) is 0 Å².